The van der Waals surface area contributed by atoms with E-state index in [0.29, 0.717) is 5.92 Å². The fourth-order valence-corrected chi connectivity index (χ4v) is 8.80. The summed E-state index contributed by atoms with van der Waals surface area (Å²) in [5, 5.41) is 0. The van der Waals surface area contributed by atoms with Crippen LogP contribution in [0.15, 0.2) is 194 Å². The highest BCUT2D eigenvalue weighted by atomic mass is 15.1. The number of allylic oxidation sites excluding steroid dienone is 4. The van der Waals surface area contributed by atoms with E-state index in [2.05, 4.69) is 199 Å². The molecule has 0 aliphatic heterocycles. The first-order valence-corrected chi connectivity index (χ1v) is 17.6. The maximum atomic E-state index is 2.47. The van der Waals surface area contributed by atoms with E-state index in [1.54, 1.807) is 0 Å². The van der Waals surface area contributed by atoms with E-state index in [9.17, 15) is 0 Å². The Kier molecular flexibility index (Phi) is 6.60. The number of benzene rings is 7. The third kappa shape index (κ3) is 4.27. The lowest BCUT2D eigenvalue weighted by Gasteiger charge is -2.32. The summed E-state index contributed by atoms with van der Waals surface area (Å²) in [6.45, 7) is 0. The summed E-state index contributed by atoms with van der Waals surface area (Å²) in [5.41, 5.74) is 17.5. The molecule has 0 N–H and O–H groups in total. The van der Waals surface area contributed by atoms with Crippen molar-refractivity contribution < 1.29 is 0 Å². The van der Waals surface area contributed by atoms with E-state index in [0.717, 1.165) is 23.5 Å². The molecular weight excluding hydrogens is 603 g/mol. The molecule has 3 aliphatic rings. The summed E-state index contributed by atoms with van der Waals surface area (Å²) in [5.74, 6) is 0.411. The van der Waals surface area contributed by atoms with Crippen LogP contribution in [0.25, 0.3) is 33.4 Å². The lowest BCUT2D eigenvalue weighted by atomic mass is 9.70. The van der Waals surface area contributed by atoms with Crippen molar-refractivity contribution in [2.45, 2.75) is 17.8 Å². The fourth-order valence-electron chi connectivity index (χ4n) is 8.80. The van der Waals surface area contributed by atoms with Gasteiger partial charge in [0.25, 0.3) is 0 Å². The molecule has 1 heteroatoms. The molecule has 0 aromatic heterocycles. The molecule has 0 saturated heterocycles. The number of nitrogens with zero attached hydrogens (tertiary/aromatic N) is 1. The SMILES string of the molecule is C1=CCC(c2ccc(N(c3ccc(-c4ccccc4)cc3)c3ccc4c(c3)C3(c5ccccc5-c5ccccc53)c3ccccc3-4)cc2)C=C1. The Bertz CT molecular complexity index is 2380. The van der Waals surface area contributed by atoms with Crippen molar-refractivity contribution in [2.24, 2.45) is 0 Å². The Hall–Kier alpha value is -6.18. The van der Waals surface area contributed by atoms with Gasteiger partial charge in [-0.1, -0.05) is 158 Å². The van der Waals surface area contributed by atoms with Crippen LogP contribution in [0.1, 0.15) is 40.2 Å². The van der Waals surface area contributed by atoms with Crippen molar-refractivity contribution in [3.63, 3.8) is 0 Å². The second kappa shape index (κ2) is 11.5. The smallest absolute Gasteiger partial charge is 0.0726 e. The van der Waals surface area contributed by atoms with Crippen molar-refractivity contribution in [2.75, 3.05) is 4.90 Å². The Labute approximate surface area is 294 Å². The van der Waals surface area contributed by atoms with E-state index < -0.39 is 0 Å². The topological polar surface area (TPSA) is 3.24 Å². The summed E-state index contributed by atoms with van der Waals surface area (Å²) in [7, 11) is 0. The fraction of sp³-hybridized carbons (Fsp3) is 0.0612. The average Bonchev–Trinajstić information content (AvgIpc) is 3.66. The molecule has 0 bridgehead atoms. The van der Waals surface area contributed by atoms with Gasteiger partial charge < -0.3 is 4.90 Å². The van der Waals surface area contributed by atoms with Crippen molar-refractivity contribution in [1.29, 1.82) is 0 Å². The molecule has 0 fully saturated rings. The molecule has 7 aromatic carbocycles. The van der Waals surface area contributed by atoms with Crippen molar-refractivity contribution >= 4 is 17.1 Å². The zero-order chi connectivity index (χ0) is 33.1. The van der Waals surface area contributed by atoms with Gasteiger partial charge >= 0.3 is 0 Å². The maximum Gasteiger partial charge on any atom is 0.0726 e. The largest absolute Gasteiger partial charge is 0.310 e. The minimum absolute atomic E-state index is 0.386. The quantitative estimate of drug-likeness (QED) is 0.181. The van der Waals surface area contributed by atoms with E-state index >= 15 is 0 Å². The molecular formula is C49H35N. The highest BCUT2D eigenvalue weighted by Gasteiger charge is 2.51. The van der Waals surface area contributed by atoms with Crippen molar-refractivity contribution in [3.05, 3.63) is 222 Å². The predicted octanol–water partition coefficient (Wildman–Crippen LogP) is 12.8. The number of hydrogen-bond acceptors (Lipinski definition) is 1. The zero-order valence-corrected chi connectivity index (χ0v) is 27.7. The molecule has 50 heavy (non-hydrogen) atoms. The summed E-state index contributed by atoms with van der Waals surface area (Å²) in [6.07, 6.45) is 9.92. The minimum Gasteiger partial charge on any atom is -0.310 e. The third-order valence-electron chi connectivity index (χ3n) is 11.0. The number of anilines is 3. The summed E-state index contributed by atoms with van der Waals surface area (Å²) < 4.78 is 0. The van der Waals surface area contributed by atoms with Gasteiger partial charge in [-0.25, -0.2) is 0 Å². The monoisotopic (exact) mass is 637 g/mol. The Morgan fingerprint density at radius 2 is 0.920 bits per heavy atom. The third-order valence-corrected chi connectivity index (χ3v) is 11.0. The van der Waals surface area contributed by atoms with Gasteiger partial charge in [0.15, 0.2) is 0 Å². The highest BCUT2D eigenvalue weighted by molar-refractivity contribution is 5.96. The first-order valence-electron chi connectivity index (χ1n) is 17.6. The van der Waals surface area contributed by atoms with Crippen molar-refractivity contribution in [1.82, 2.24) is 0 Å². The van der Waals surface area contributed by atoms with Crippen LogP contribution in [0, 0.1) is 0 Å². The zero-order valence-electron chi connectivity index (χ0n) is 27.7. The van der Waals surface area contributed by atoms with E-state index in [1.807, 2.05) is 0 Å². The van der Waals surface area contributed by atoms with Gasteiger partial charge in [0.2, 0.25) is 0 Å². The van der Waals surface area contributed by atoms with Gasteiger partial charge in [0.1, 0.15) is 0 Å². The lowest BCUT2D eigenvalue weighted by molar-refractivity contribution is 0.793. The molecule has 10 rings (SSSR count). The van der Waals surface area contributed by atoms with E-state index in [-0.39, 0.29) is 5.41 Å². The summed E-state index contributed by atoms with van der Waals surface area (Å²) in [4.78, 5) is 2.43. The summed E-state index contributed by atoms with van der Waals surface area (Å²) in [6, 6.07) is 63.1. The van der Waals surface area contributed by atoms with Crippen LogP contribution in [0.2, 0.25) is 0 Å². The van der Waals surface area contributed by atoms with Gasteiger partial charge in [0.05, 0.1) is 5.41 Å². The second-order valence-corrected chi connectivity index (χ2v) is 13.6. The van der Waals surface area contributed by atoms with Crippen LogP contribution in [-0.2, 0) is 5.41 Å². The van der Waals surface area contributed by atoms with Gasteiger partial charge in [-0.3, -0.25) is 0 Å². The van der Waals surface area contributed by atoms with Crippen LogP contribution >= 0.6 is 0 Å². The van der Waals surface area contributed by atoms with Gasteiger partial charge in [-0.15, -0.1) is 0 Å². The molecule has 0 amide bonds. The molecule has 7 aromatic rings. The second-order valence-electron chi connectivity index (χ2n) is 13.6. The van der Waals surface area contributed by atoms with Crippen LogP contribution in [0.4, 0.5) is 17.1 Å². The standard InChI is InChI=1S/C49H35N/c1-3-13-34(14-4-1)36-23-27-38(28-24-36)50(39-29-25-37(26-30-39)35-15-5-2-6-16-35)40-31-32-44-43-19-9-12-22-47(43)49(48(44)33-40)45-20-10-7-17-41(45)42-18-8-11-21-46(42)49/h1-15,17-33,35H,16H2. The van der Waals surface area contributed by atoms with Crippen LogP contribution in [-0.4, -0.2) is 0 Å². The van der Waals surface area contributed by atoms with Crippen LogP contribution < -0.4 is 4.90 Å². The lowest BCUT2D eigenvalue weighted by Crippen LogP contribution is -2.26. The number of rotatable bonds is 5. The highest BCUT2D eigenvalue weighted by Crippen LogP contribution is 2.63. The van der Waals surface area contributed by atoms with Crippen LogP contribution in [0.5, 0.6) is 0 Å². The molecule has 1 unspecified atom stereocenters. The predicted molar refractivity (Wildman–Crippen MR) is 208 cm³/mol. The summed E-state index contributed by atoms with van der Waals surface area (Å²) >= 11 is 0. The van der Waals surface area contributed by atoms with Crippen molar-refractivity contribution in [3.8, 4) is 33.4 Å². The van der Waals surface area contributed by atoms with Gasteiger partial charge in [0, 0.05) is 23.0 Å². The Morgan fingerprint density at radius 3 is 1.50 bits per heavy atom. The van der Waals surface area contributed by atoms with Crippen LogP contribution in [0.3, 0.4) is 0 Å². The van der Waals surface area contributed by atoms with Gasteiger partial charge in [-0.2, -0.15) is 0 Å². The van der Waals surface area contributed by atoms with E-state index in [1.165, 1.54) is 61.2 Å². The molecule has 0 heterocycles. The first-order chi connectivity index (χ1) is 24.8. The molecule has 0 saturated carbocycles. The Morgan fingerprint density at radius 1 is 0.420 bits per heavy atom. The number of hydrogen-bond donors (Lipinski definition) is 0. The normalized spacial score (nSPS) is 15.7. The molecule has 236 valence electrons. The molecule has 0 radical (unpaired) electrons. The molecule has 1 nitrogen and oxygen atoms in total. The minimum atomic E-state index is -0.386. The first kappa shape index (κ1) is 28.8. The molecule has 1 spiro atoms. The van der Waals surface area contributed by atoms with Gasteiger partial charge in [-0.05, 0) is 104 Å². The molecule has 3 aliphatic carbocycles. The maximum absolute atomic E-state index is 2.47. The molecule has 1 atom stereocenters. The van der Waals surface area contributed by atoms with E-state index in [4.69, 9.17) is 0 Å². The number of fused-ring (bicyclic) bond motifs is 10. The average molecular weight is 638 g/mol. The Balaban J connectivity index is 1.17.